The number of aromatic nitrogens is 2. The van der Waals surface area contributed by atoms with Gasteiger partial charge in [0, 0.05) is 7.05 Å². The first-order valence-electron chi connectivity index (χ1n) is 5.38. The molecule has 0 unspecified atom stereocenters. The Morgan fingerprint density at radius 3 is 2.68 bits per heavy atom. The fourth-order valence-corrected chi connectivity index (χ4v) is 2.00. The summed E-state index contributed by atoms with van der Waals surface area (Å²) in [4.78, 5) is 25.2. The van der Waals surface area contributed by atoms with Gasteiger partial charge in [-0.25, -0.2) is 4.79 Å². The SMILES string of the molecule is COC(=O)c1ccccc1N(C)C(=O)c1cnsn1. The molecule has 2 rings (SSSR count). The van der Waals surface area contributed by atoms with Gasteiger partial charge in [-0.05, 0) is 12.1 Å². The van der Waals surface area contributed by atoms with E-state index < -0.39 is 5.97 Å². The van der Waals surface area contributed by atoms with Crippen LogP contribution in [0.4, 0.5) is 5.69 Å². The molecule has 7 heteroatoms. The number of anilines is 1. The zero-order valence-electron chi connectivity index (χ0n) is 10.4. The Kier molecular flexibility index (Phi) is 3.86. The molecule has 0 atom stereocenters. The Labute approximate surface area is 114 Å². The van der Waals surface area contributed by atoms with Gasteiger partial charge in [0.15, 0.2) is 5.69 Å². The minimum Gasteiger partial charge on any atom is -0.465 e. The second-order valence-electron chi connectivity index (χ2n) is 3.67. The molecule has 0 radical (unpaired) electrons. The van der Waals surface area contributed by atoms with Crippen LogP contribution in [0.5, 0.6) is 0 Å². The van der Waals surface area contributed by atoms with E-state index in [0.717, 1.165) is 11.7 Å². The summed E-state index contributed by atoms with van der Waals surface area (Å²) in [6.45, 7) is 0. The van der Waals surface area contributed by atoms with Crippen LogP contribution in [-0.2, 0) is 4.74 Å². The number of amides is 1. The summed E-state index contributed by atoms with van der Waals surface area (Å²) in [5.41, 5.74) is 1.03. The molecule has 6 nitrogen and oxygen atoms in total. The predicted molar refractivity (Wildman–Crippen MR) is 70.4 cm³/mol. The molecule has 0 spiro atoms. The van der Waals surface area contributed by atoms with Crippen molar-refractivity contribution in [1.82, 2.24) is 8.75 Å². The molecule has 0 saturated carbocycles. The molecule has 0 aliphatic heterocycles. The number of benzene rings is 1. The number of esters is 1. The van der Waals surface area contributed by atoms with Crippen LogP contribution < -0.4 is 4.90 Å². The second kappa shape index (κ2) is 5.57. The van der Waals surface area contributed by atoms with Crippen molar-refractivity contribution < 1.29 is 14.3 Å². The lowest BCUT2D eigenvalue weighted by Crippen LogP contribution is -2.28. The summed E-state index contributed by atoms with van der Waals surface area (Å²) in [7, 11) is 2.87. The van der Waals surface area contributed by atoms with E-state index in [1.54, 1.807) is 31.3 Å². The van der Waals surface area contributed by atoms with Crippen molar-refractivity contribution in [3.05, 3.63) is 41.7 Å². The Balaban J connectivity index is 2.36. The van der Waals surface area contributed by atoms with Crippen molar-refractivity contribution in [1.29, 1.82) is 0 Å². The van der Waals surface area contributed by atoms with Crippen LogP contribution in [-0.4, -0.2) is 34.8 Å². The van der Waals surface area contributed by atoms with Crippen LogP contribution in [0.1, 0.15) is 20.8 Å². The second-order valence-corrected chi connectivity index (χ2v) is 4.22. The third kappa shape index (κ3) is 2.60. The Morgan fingerprint density at radius 1 is 1.32 bits per heavy atom. The van der Waals surface area contributed by atoms with Gasteiger partial charge in [0.2, 0.25) is 0 Å². The number of para-hydroxylation sites is 1. The van der Waals surface area contributed by atoms with Crippen molar-refractivity contribution >= 4 is 29.3 Å². The monoisotopic (exact) mass is 277 g/mol. The maximum Gasteiger partial charge on any atom is 0.339 e. The minimum atomic E-state index is -0.494. The molecule has 1 aromatic carbocycles. The maximum atomic E-state index is 12.1. The van der Waals surface area contributed by atoms with E-state index >= 15 is 0 Å². The lowest BCUT2D eigenvalue weighted by atomic mass is 10.1. The summed E-state index contributed by atoms with van der Waals surface area (Å²) in [6, 6.07) is 6.72. The van der Waals surface area contributed by atoms with Gasteiger partial charge in [-0.15, -0.1) is 0 Å². The topological polar surface area (TPSA) is 72.4 Å². The molecule has 1 amide bonds. The molecule has 0 aliphatic rings. The quantitative estimate of drug-likeness (QED) is 0.797. The van der Waals surface area contributed by atoms with Gasteiger partial charge in [0.1, 0.15) is 0 Å². The average Bonchev–Trinajstić information content (AvgIpc) is 2.99. The molecule has 1 heterocycles. The van der Waals surface area contributed by atoms with E-state index in [4.69, 9.17) is 4.74 Å². The molecule has 0 bridgehead atoms. The van der Waals surface area contributed by atoms with Crippen LogP contribution in [0, 0.1) is 0 Å². The highest BCUT2D eigenvalue weighted by molar-refractivity contribution is 6.99. The minimum absolute atomic E-state index is 0.243. The first-order valence-corrected chi connectivity index (χ1v) is 6.11. The number of hydrogen-bond donors (Lipinski definition) is 0. The molecule has 98 valence electrons. The lowest BCUT2D eigenvalue weighted by Gasteiger charge is -2.18. The van der Waals surface area contributed by atoms with E-state index in [1.807, 2.05) is 0 Å². The van der Waals surface area contributed by atoms with Crippen molar-refractivity contribution in [2.24, 2.45) is 0 Å². The predicted octanol–water partition coefficient (Wildman–Crippen LogP) is 1.60. The number of nitrogens with zero attached hydrogens (tertiary/aromatic N) is 3. The Hall–Kier alpha value is -2.28. The number of rotatable bonds is 3. The molecule has 2 aromatic rings. The standard InChI is InChI=1S/C12H11N3O3S/c1-15(11(16)9-7-13-19-14-9)10-6-4-3-5-8(10)12(17)18-2/h3-7H,1-2H3. The molecule has 1 aromatic heterocycles. The normalized spacial score (nSPS) is 10.0. The first-order chi connectivity index (χ1) is 9.15. The molecule has 0 aliphatic carbocycles. The van der Waals surface area contributed by atoms with Crippen molar-refractivity contribution in [3.63, 3.8) is 0 Å². The van der Waals surface area contributed by atoms with Crippen LogP contribution in [0.15, 0.2) is 30.5 Å². The van der Waals surface area contributed by atoms with Gasteiger partial charge in [0.05, 0.1) is 36.3 Å². The number of hydrogen-bond acceptors (Lipinski definition) is 6. The molecule has 0 N–H and O–H groups in total. The third-order valence-electron chi connectivity index (χ3n) is 2.56. The fraction of sp³-hybridized carbons (Fsp3) is 0.167. The van der Waals surface area contributed by atoms with E-state index in [-0.39, 0.29) is 11.6 Å². The smallest absolute Gasteiger partial charge is 0.339 e. The highest BCUT2D eigenvalue weighted by Gasteiger charge is 2.21. The van der Waals surface area contributed by atoms with E-state index in [9.17, 15) is 9.59 Å². The first kappa shape index (κ1) is 13.2. The summed E-state index contributed by atoms with van der Waals surface area (Å²) in [6.07, 6.45) is 1.39. The van der Waals surface area contributed by atoms with Gasteiger partial charge >= 0.3 is 5.97 Å². The van der Waals surface area contributed by atoms with Crippen LogP contribution in [0.25, 0.3) is 0 Å². The summed E-state index contributed by atoms with van der Waals surface area (Å²) in [5.74, 6) is -0.822. The molecule has 0 saturated heterocycles. The number of ether oxygens (including phenoxy) is 1. The summed E-state index contributed by atoms with van der Waals surface area (Å²) in [5, 5.41) is 0. The average molecular weight is 277 g/mol. The highest BCUT2D eigenvalue weighted by Crippen LogP contribution is 2.21. The number of carbonyl (C=O) groups is 2. The highest BCUT2D eigenvalue weighted by atomic mass is 32.1. The summed E-state index contributed by atoms with van der Waals surface area (Å²) < 4.78 is 12.4. The van der Waals surface area contributed by atoms with Gasteiger partial charge in [-0.3, -0.25) is 4.79 Å². The van der Waals surface area contributed by atoms with Crippen molar-refractivity contribution in [3.8, 4) is 0 Å². The van der Waals surface area contributed by atoms with Crippen LogP contribution in [0.3, 0.4) is 0 Å². The fourth-order valence-electron chi connectivity index (χ4n) is 1.59. The largest absolute Gasteiger partial charge is 0.465 e. The zero-order chi connectivity index (χ0) is 13.8. The number of methoxy groups -OCH3 is 1. The van der Waals surface area contributed by atoms with Crippen molar-refractivity contribution in [2.75, 3.05) is 19.1 Å². The molecule has 0 fully saturated rings. The van der Waals surface area contributed by atoms with Gasteiger partial charge in [-0.1, -0.05) is 12.1 Å². The van der Waals surface area contributed by atoms with Gasteiger partial charge in [0.25, 0.3) is 5.91 Å². The third-order valence-corrected chi connectivity index (χ3v) is 3.03. The molecular formula is C12H11N3O3S. The Morgan fingerprint density at radius 2 is 2.05 bits per heavy atom. The van der Waals surface area contributed by atoms with Gasteiger partial charge < -0.3 is 9.64 Å². The number of carbonyl (C=O) groups excluding carboxylic acids is 2. The van der Waals surface area contributed by atoms with Crippen LogP contribution >= 0.6 is 11.7 Å². The molecule has 19 heavy (non-hydrogen) atoms. The zero-order valence-corrected chi connectivity index (χ0v) is 11.2. The maximum absolute atomic E-state index is 12.1. The Bertz CT molecular complexity index is 598. The van der Waals surface area contributed by atoms with E-state index in [2.05, 4.69) is 8.75 Å². The van der Waals surface area contributed by atoms with Gasteiger partial charge in [-0.2, -0.15) is 8.75 Å². The summed E-state index contributed by atoms with van der Waals surface area (Å²) >= 11 is 0.956. The van der Waals surface area contributed by atoms with Crippen LogP contribution in [0.2, 0.25) is 0 Å². The molecular weight excluding hydrogens is 266 g/mol. The van der Waals surface area contributed by atoms with Crippen molar-refractivity contribution in [2.45, 2.75) is 0 Å². The lowest BCUT2D eigenvalue weighted by molar-refractivity contribution is 0.0601. The van der Waals surface area contributed by atoms with E-state index in [0.29, 0.717) is 11.3 Å². The van der Waals surface area contributed by atoms with E-state index in [1.165, 1.54) is 18.2 Å².